The van der Waals surface area contributed by atoms with Gasteiger partial charge in [0.15, 0.2) is 0 Å². The number of aryl methyl sites for hydroxylation is 1. The lowest BCUT2D eigenvalue weighted by molar-refractivity contribution is 0.414. The number of sulfonamides is 1. The van der Waals surface area contributed by atoms with Crippen LogP contribution in [0.25, 0.3) is 0 Å². The molecule has 0 atom stereocenters. The van der Waals surface area contributed by atoms with Gasteiger partial charge in [-0.3, -0.25) is 0 Å². The van der Waals surface area contributed by atoms with Gasteiger partial charge in [-0.1, -0.05) is 19.1 Å². The summed E-state index contributed by atoms with van der Waals surface area (Å²) < 4.78 is 27.2. The van der Waals surface area contributed by atoms with E-state index in [-0.39, 0.29) is 6.04 Å². The van der Waals surface area contributed by atoms with Crippen molar-refractivity contribution in [2.24, 2.45) is 5.73 Å². The lowest BCUT2D eigenvalue weighted by Crippen LogP contribution is -2.35. The summed E-state index contributed by atoms with van der Waals surface area (Å²) >= 11 is 6.20. The predicted octanol–water partition coefficient (Wildman–Crippen LogP) is 2.14. The lowest BCUT2D eigenvalue weighted by Gasteiger charge is -2.20. The van der Waals surface area contributed by atoms with Crippen molar-refractivity contribution >= 4 is 38.6 Å². The second kappa shape index (κ2) is 5.87. The molecular formula is C12H18N2O2S3. The normalized spacial score (nSPS) is 15.9. The number of hydrogen-bond acceptors (Lipinski definition) is 4. The molecule has 1 fully saturated rings. The van der Waals surface area contributed by atoms with Crippen molar-refractivity contribution in [1.82, 2.24) is 4.31 Å². The first-order valence-electron chi connectivity index (χ1n) is 6.34. The highest BCUT2D eigenvalue weighted by molar-refractivity contribution is 7.91. The smallest absolute Gasteiger partial charge is 0.252 e. The standard InChI is InChI=1S/C12H18N2O2S3/c1-2-10-5-6-12(18-10)19(15,16)14(9-3-4-9)8-7-11(13)17/h5-6,9H,2-4,7-8H2,1H3,(H2,13,17). The van der Waals surface area contributed by atoms with E-state index in [1.165, 1.54) is 11.3 Å². The Hall–Kier alpha value is -0.500. The van der Waals surface area contributed by atoms with E-state index in [0.29, 0.717) is 22.2 Å². The lowest BCUT2D eigenvalue weighted by atomic mass is 10.4. The molecule has 1 aromatic rings. The highest BCUT2D eigenvalue weighted by Gasteiger charge is 2.38. The molecule has 0 aromatic carbocycles. The van der Waals surface area contributed by atoms with Crippen LogP contribution in [0.2, 0.25) is 0 Å². The summed E-state index contributed by atoms with van der Waals surface area (Å²) in [7, 11) is -3.39. The van der Waals surface area contributed by atoms with Crippen molar-refractivity contribution < 1.29 is 8.42 Å². The minimum Gasteiger partial charge on any atom is -0.393 e. The quantitative estimate of drug-likeness (QED) is 0.782. The molecule has 0 saturated heterocycles. The van der Waals surface area contributed by atoms with Gasteiger partial charge in [-0.15, -0.1) is 11.3 Å². The zero-order valence-corrected chi connectivity index (χ0v) is 13.3. The van der Waals surface area contributed by atoms with E-state index in [1.54, 1.807) is 10.4 Å². The van der Waals surface area contributed by atoms with Gasteiger partial charge in [-0.05, 0) is 31.4 Å². The third kappa shape index (κ3) is 3.53. The number of rotatable bonds is 7. The Morgan fingerprint density at radius 3 is 2.68 bits per heavy atom. The Kier molecular flexibility index (Phi) is 4.60. The molecule has 2 N–H and O–H groups in total. The first-order chi connectivity index (χ1) is 8.95. The average Bonchev–Trinajstić information content (AvgIpc) is 3.05. The van der Waals surface area contributed by atoms with Crippen molar-refractivity contribution in [3.63, 3.8) is 0 Å². The molecule has 0 radical (unpaired) electrons. The average molecular weight is 318 g/mol. The Morgan fingerprint density at radius 2 is 2.21 bits per heavy atom. The second-order valence-corrected chi connectivity index (χ2v) is 8.45. The van der Waals surface area contributed by atoms with Crippen LogP contribution >= 0.6 is 23.6 Å². The summed E-state index contributed by atoms with van der Waals surface area (Å²) in [6, 6.07) is 3.72. The number of nitrogens with zero attached hydrogens (tertiary/aromatic N) is 1. The molecule has 4 nitrogen and oxygen atoms in total. The summed E-state index contributed by atoms with van der Waals surface area (Å²) in [5, 5.41) is 0. The molecule has 2 rings (SSSR count). The summed E-state index contributed by atoms with van der Waals surface area (Å²) in [4.78, 5) is 1.45. The Labute approximate surface area is 123 Å². The molecule has 1 aromatic heterocycles. The number of hydrogen-bond donors (Lipinski definition) is 1. The number of thiophene rings is 1. The molecule has 7 heteroatoms. The van der Waals surface area contributed by atoms with E-state index in [9.17, 15) is 8.42 Å². The maximum absolute atomic E-state index is 12.6. The Bertz CT molecular complexity index is 561. The van der Waals surface area contributed by atoms with Gasteiger partial charge in [-0.2, -0.15) is 4.31 Å². The van der Waals surface area contributed by atoms with Crippen LogP contribution in [0.15, 0.2) is 16.3 Å². The van der Waals surface area contributed by atoms with Gasteiger partial charge in [-0.25, -0.2) is 8.42 Å². The van der Waals surface area contributed by atoms with Crippen LogP contribution in [0.1, 0.15) is 31.1 Å². The third-order valence-corrected chi connectivity index (χ3v) is 6.93. The SMILES string of the molecule is CCc1ccc(S(=O)(=O)N(CCC(N)=S)C2CC2)s1. The monoisotopic (exact) mass is 318 g/mol. The molecule has 106 valence electrons. The molecule has 1 aliphatic carbocycles. The third-order valence-electron chi connectivity index (χ3n) is 3.08. The summed E-state index contributed by atoms with van der Waals surface area (Å²) in [5.41, 5.74) is 5.48. The van der Waals surface area contributed by atoms with E-state index in [1.807, 2.05) is 13.0 Å². The molecule has 1 saturated carbocycles. The van der Waals surface area contributed by atoms with Crippen molar-refractivity contribution in [2.45, 2.75) is 42.9 Å². The first kappa shape index (κ1) is 14.9. The Balaban J connectivity index is 2.21. The molecule has 1 heterocycles. The molecule has 19 heavy (non-hydrogen) atoms. The largest absolute Gasteiger partial charge is 0.393 e. The fourth-order valence-electron chi connectivity index (χ4n) is 1.88. The molecule has 0 bridgehead atoms. The summed E-state index contributed by atoms with van der Waals surface area (Å²) in [6.07, 6.45) is 3.17. The zero-order valence-electron chi connectivity index (χ0n) is 10.8. The van der Waals surface area contributed by atoms with Gasteiger partial charge in [0.25, 0.3) is 10.0 Å². The first-order valence-corrected chi connectivity index (χ1v) is 9.00. The van der Waals surface area contributed by atoms with Crippen LogP contribution in [0, 0.1) is 0 Å². The van der Waals surface area contributed by atoms with Crippen molar-refractivity contribution in [3.8, 4) is 0 Å². The summed E-state index contributed by atoms with van der Waals surface area (Å²) in [6.45, 7) is 2.41. The van der Waals surface area contributed by atoms with Crippen molar-refractivity contribution in [1.29, 1.82) is 0 Å². The van der Waals surface area contributed by atoms with E-state index in [4.69, 9.17) is 18.0 Å². The van der Waals surface area contributed by atoms with Crippen molar-refractivity contribution in [3.05, 3.63) is 17.0 Å². The van der Waals surface area contributed by atoms with Crippen LogP contribution in [-0.2, 0) is 16.4 Å². The van der Waals surface area contributed by atoms with Crippen LogP contribution in [-0.4, -0.2) is 30.3 Å². The highest BCUT2D eigenvalue weighted by Crippen LogP contribution is 2.34. The zero-order chi connectivity index (χ0) is 14.0. The number of nitrogens with two attached hydrogens (primary N) is 1. The molecular weight excluding hydrogens is 300 g/mol. The molecule has 1 aliphatic rings. The highest BCUT2D eigenvalue weighted by atomic mass is 32.2. The minimum absolute atomic E-state index is 0.131. The topological polar surface area (TPSA) is 63.4 Å². The van der Waals surface area contributed by atoms with E-state index in [2.05, 4.69) is 0 Å². The fraction of sp³-hybridized carbons (Fsp3) is 0.583. The molecule has 0 unspecified atom stereocenters. The predicted molar refractivity (Wildman–Crippen MR) is 82.0 cm³/mol. The maximum Gasteiger partial charge on any atom is 0.252 e. The minimum atomic E-state index is -3.39. The van der Waals surface area contributed by atoms with Gasteiger partial charge in [0.05, 0.1) is 4.99 Å². The Morgan fingerprint density at radius 1 is 1.53 bits per heavy atom. The van der Waals surface area contributed by atoms with Crippen LogP contribution in [0.3, 0.4) is 0 Å². The van der Waals surface area contributed by atoms with Crippen LogP contribution in [0.4, 0.5) is 0 Å². The van der Waals surface area contributed by atoms with Gasteiger partial charge in [0, 0.05) is 23.9 Å². The van der Waals surface area contributed by atoms with E-state index >= 15 is 0 Å². The molecule has 0 aliphatic heterocycles. The molecule has 0 spiro atoms. The van der Waals surface area contributed by atoms with Crippen molar-refractivity contribution in [2.75, 3.05) is 6.54 Å². The second-order valence-electron chi connectivity index (χ2n) is 4.64. The van der Waals surface area contributed by atoms with Gasteiger partial charge < -0.3 is 5.73 Å². The summed E-state index contributed by atoms with van der Waals surface area (Å²) in [5.74, 6) is 0. The van der Waals surface area contributed by atoms with Crippen LogP contribution < -0.4 is 5.73 Å². The van der Waals surface area contributed by atoms with E-state index in [0.717, 1.165) is 24.1 Å². The molecule has 0 amide bonds. The van der Waals surface area contributed by atoms with Gasteiger partial charge in [0.2, 0.25) is 0 Å². The maximum atomic E-state index is 12.6. The fourth-order valence-corrected chi connectivity index (χ4v) is 5.09. The van der Waals surface area contributed by atoms with Gasteiger partial charge in [0.1, 0.15) is 4.21 Å². The van der Waals surface area contributed by atoms with Gasteiger partial charge >= 0.3 is 0 Å². The van der Waals surface area contributed by atoms with Crippen LogP contribution in [0.5, 0.6) is 0 Å². The van der Waals surface area contributed by atoms with E-state index < -0.39 is 10.0 Å². The number of thiocarbonyl (C=S) groups is 1.